The van der Waals surface area contributed by atoms with Crippen molar-refractivity contribution in [2.45, 2.75) is 59.1 Å². The zero-order valence-electron chi connectivity index (χ0n) is 21.7. The molecule has 1 aliphatic heterocycles. The van der Waals surface area contributed by atoms with Crippen LogP contribution in [0.25, 0.3) is 22.0 Å². The normalized spacial score (nSPS) is 18.2. The molecule has 4 nitrogen and oxygen atoms in total. The number of para-hydroxylation sites is 1. The largest absolute Gasteiger partial charge is 0.390 e. The van der Waals surface area contributed by atoms with Gasteiger partial charge in [0.15, 0.2) is 5.78 Å². The van der Waals surface area contributed by atoms with Gasteiger partial charge in [-0.1, -0.05) is 55.2 Å². The Morgan fingerprint density at radius 2 is 1.75 bits per heavy atom. The maximum absolute atomic E-state index is 12.2. The van der Waals surface area contributed by atoms with E-state index in [0.717, 1.165) is 39.0 Å². The minimum Gasteiger partial charge on any atom is -0.390 e. The van der Waals surface area contributed by atoms with Crippen LogP contribution >= 0.6 is 0 Å². The summed E-state index contributed by atoms with van der Waals surface area (Å²) in [6.45, 7) is 11.9. The summed E-state index contributed by atoms with van der Waals surface area (Å²) in [6, 6.07) is 16.0. The minimum atomic E-state index is -0.590. The van der Waals surface area contributed by atoms with E-state index < -0.39 is 11.6 Å². The Morgan fingerprint density at radius 1 is 1.00 bits per heavy atom. The van der Waals surface area contributed by atoms with Crippen molar-refractivity contribution in [1.29, 1.82) is 0 Å². The number of hydrogen-bond donors (Lipinski definition) is 3. The van der Waals surface area contributed by atoms with Gasteiger partial charge in [-0.05, 0) is 63.4 Å². The standard InChI is InChI=1S/C32H32N2O2/c1-18-16-27(26-13-9-12-23-19(2)17-33-30(23)26)25(15-14-22-10-7-8-11-24(22)21(4)35)28-20(3)31(36)32(5,6)34-29(18)28/h7-13,16-17,20,31,33-34,36H,1-6H3/t20-,31+/m1/s1. The molecule has 5 rings (SSSR count). The number of ketones is 1. The second-order valence-electron chi connectivity index (χ2n) is 10.5. The molecule has 0 radical (unpaired) electrons. The van der Waals surface area contributed by atoms with Crippen molar-refractivity contribution in [3.63, 3.8) is 0 Å². The first-order valence-corrected chi connectivity index (χ1v) is 12.4. The number of aromatic nitrogens is 1. The van der Waals surface area contributed by atoms with Gasteiger partial charge < -0.3 is 15.4 Å². The number of carbonyl (C=O) groups excluding carboxylic acids is 1. The fourth-order valence-electron chi connectivity index (χ4n) is 5.54. The minimum absolute atomic E-state index is 0.00936. The number of anilines is 1. The van der Waals surface area contributed by atoms with Crippen LogP contribution in [0.5, 0.6) is 0 Å². The molecule has 3 N–H and O–H groups in total. The molecule has 3 aromatic carbocycles. The molecule has 0 bridgehead atoms. The number of H-pyrrole nitrogens is 1. The summed E-state index contributed by atoms with van der Waals surface area (Å²) in [6.07, 6.45) is 1.44. The van der Waals surface area contributed by atoms with Gasteiger partial charge in [-0.2, -0.15) is 0 Å². The van der Waals surface area contributed by atoms with Crippen molar-refractivity contribution >= 4 is 22.4 Å². The van der Waals surface area contributed by atoms with Crippen molar-refractivity contribution in [2.24, 2.45) is 0 Å². The Balaban J connectivity index is 1.84. The van der Waals surface area contributed by atoms with Crippen LogP contribution in [-0.4, -0.2) is 27.5 Å². The van der Waals surface area contributed by atoms with E-state index in [1.165, 1.54) is 10.9 Å². The molecule has 0 amide bonds. The Hall–Kier alpha value is -3.81. The Morgan fingerprint density at radius 3 is 2.50 bits per heavy atom. The lowest BCUT2D eigenvalue weighted by atomic mass is 9.75. The molecule has 4 heteroatoms. The third-order valence-electron chi connectivity index (χ3n) is 7.52. The average molecular weight is 477 g/mol. The van der Waals surface area contributed by atoms with Gasteiger partial charge in [-0.3, -0.25) is 4.79 Å². The number of rotatable bonds is 2. The highest BCUT2D eigenvalue weighted by molar-refractivity contribution is 5.99. The predicted octanol–water partition coefficient (Wildman–Crippen LogP) is 6.72. The SMILES string of the molecule is CC(=O)c1ccccc1C#Cc1c(-c2cccc3c(C)c[nH]c23)cc(C)c2c1[C@@H](C)[C@H](O)C(C)(C)N2. The predicted molar refractivity (Wildman–Crippen MR) is 148 cm³/mol. The maximum Gasteiger partial charge on any atom is 0.161 e. The van der Waals surface area contributed by atoms with Crippen molar-refractivity contribution < 1.29 is 9.90 Å². The molecule has 0 spiro atoms. The van der Waals surface area contributed by atoms with E-state index in [9.17, 15) is 9.90 Å². The molecule has 1 aliphatic rings. The van der Waals surface area contributed by atoms with Crippen LogP contribution in [0, 0.1) is 25.7 Å². The number of fused-ring (bicyclic) bond motifs is 2. The van der Waals surface area contributed by atoms with Gasteiger partial charge in [0.1, 0.15) is 0 Å². The van der Waals surface area contributed by atoms with Gasteiger partial charge >= 0.3 is 0 Å². The van der Waals surface area contributed by atoms with Crippen LogP contribution in [0.4, 0.5) is 5.69 Å². The van der Waals surface area contributed by atoms with Crippen LogP contribution < -0.4 is 5.32 Å². The van der Waals surface area contributed by atoms with Gasteiger partial charge in [-0.25, -0.2) is 0 Å². The van der Waals surface area contributed by atoms with Gasteiger partial charge in [0.2, 0.25) is 0 Å². The summed E-state index contributed by atoms with van der Waals surface area (Å²) < 4.78 is 0. The fourth-order valence-corrected chi connectivity index (χ4v) is 5.54. The van der Waals surface area contributed by atoms with E-state index in [0.29, 0.717) is 11.1 Å². The molecule has 0 aliphatic carbocycles. The molecule has 0 saturated heterocycles. The summed E-state index contributed by atoms with van der Waals surface area (Å²) >= 11 is 0. The van der Waals surface area contributed by atoms with Crippen molar-refractivity contribution in [2.75, 3.05) is 5.32 Å². The Bertz CT molecular complexity index is 1580. The van der Waals surface area contributed by atoms with E-state index in [1.54, 1.807) is 6.92 Å². The zero-order valence-corrected chi connectivity index (χ0v) is 21.7. The first-order chi connectivity index (χ1) is 17.1. The number of aliphatic hydroxyl groups excluding tert-OH is 1. The Kier molecular flexibility index (Phi) is 5.77. The maximum atomic E-state index is 12.2. The third-order valence-corrected chi connectivity index (χ3v) is 7.52. The highest BCUT2D eigenvalue weighted by Crippen LogP contribution is 2.46. The summed E-state index contributed by atoms with van der Waals surface area (Å²) in [5.41, 5.74) is 9.24. The topological polar surface area (TPSA) is 65.1 Å². The molecule has 0 saturated carbocycles. The molecule has 2 atom stereocenters. The van der Waals surface area contributed by atoms with E-state index in [1.807, 2.05) is 44.3 Å². The fraction of sp³-hybridized carbons (Fsp3) is 0.281. The smallest absolute Gasteiger partial charge is 0.161 e. The average Bonchev–Trinajstić information content (AvgIpc) is 3.23. The second kappa shape index (κ2) is 8.69. The zero-order chi connectivity index (χ0) is 25.8. The monoisotopic (exact) mass is 476 g/mol. The van der Waals surface area contributed by atoms with Crippen LogP contribution in [-0.2, 0) is 0 Å². The second-order valence-corrected chi connectivity index (χ2v) is 10.5. The number of nitrogens with one attached hydrogen (secondary N) is 2. The highest BCUT2D eigenvalue weighted by Gasteiger charge is 2.40. The first kappa shape index (κ1) is 23.9. The number of hydrogen-bond acceptors (Lipinski definition) is 3. The molecule has 1 aromatic heterocycles. The number of aliphatic hydroxyl groups is 1. The first-order valence-electron chi connectivity index (χ1n) is 12.4. The summed E-state index contributed by atoms with van der Waals surface area (Å²) in [4.78, 5) is 15.7. The lowest BCUT2D eigenvalue weighted by Gasteiger charge is -2.43. The molecule has 182 valence electrons. The quantitative estimate of drug-likeness (QED) is 0.222. The molecule has 2 heterocycles. The number of carbonyl (C=O) groups is 1. The lowest BCUT2D eigenvalue weighted by molar-refractivity contribution is 0.0868. The number of aromatic amines is 1. The molecule has 0 fully saturated rings. The molecule has 36 heavy (non-hydrogen) atoms. The molecule has 0 unspecified atom stereocenters. The highest BCUT2D eigenvalue weighted by atomic mass is 16.3. The lowest BCUT2D eigenvalue weighted by Crippen LogP contribution is -2.50. The Labute approximate surface area is 212 Å². The number of aryl methyl sites for hydroxylation is 2. The van der Waals surface area contributed by atoms with Gasteiger partial charge in [-0.15, -0.1) is 0 Å². The van der Waals surface area contributed by atoms with Crippen molar-refractivity contribution in [3.8, 4) is 23.0 Å². The number of benzene rings is 3. The van der Waals surface area contributed by atoms with E-state index >= 15 is 0 Å². The van der Waals surface area contributed by atoms with E-state index in [4.69, 9.17) is 0 Å². The van der Waals surface area contributed by atoms with Crippen LogP contribution in [0.15, 0.2) is 54.7 Å². The van der Waals surface area contributed by atoms with Crippen molar-refractivity contribution in [1.82, 2.24) is 4.98 Å². The van der Waals surface area contributed by atoms with Crippen molar-refractivity contribution in [3.05, 3.63) is 88.1 Å². The third kappa shape index (κ3) is 3.81. The summed E-state index contributed by atoms with van der Waals surface area (Å²) in [5.74, 6) is 6.63. The van der Waals surface area contributed by atoms with Gasteiger partial charge in [0, 0.05) is 51.0 Å². The van der Waals surface area contributed by atoms with E-state index in [-0.39, 0.29) is 11.7 Å². The summed E-state index contributed by atoms with van der Waals surface area (Å²) in [5, 5.41) is 16.0. The van der Waals surface area contributed by atoms with Crippen LogP contribution in [0.3, 0.4) is 0 Å². The van der Waals surface area contributed by atoms with Gasteiger partial charge in [0.25, 0.3) is 0 Å². The summed E-state index contributed by atoms with van der Waals surface area (Å²) in [7, 11) is 0. The molecular weight excluding hydrogens is 444 g/mol. The van der Waals surface area contributed by atoms with Crippen LogP contribution in [0.2, 0.25) is 0 Å². The number of Topliss-reactive ketones (excluding diaryl/α,β-unsaturated/α-hetero) is 1. The van der Waals surface area contributed by atoms with E-state index in [2.05, 4.69) is 67.2 Å². The van der Waals surface area contributed by atoms with Gasteiger partial charge in [0.05, 0.1) is 17.2 Å². The molecule has 4 aromatic rings. The van der Waals surface area contributed by atoms with Crippen LogP contribution in [0.1, 0.15) is 71.8 Å². The molecular formula is C32H32N2O2.